The van der Waals surface area contributed by atoms with Gasteiger partial charge in [0, 0.05) is 4.91 Å². The molecule has 0 N–H and O–H groups in total. The number of carbonyl (C=O) groups excluding carboxylic acids is 3. The average molecular weight is 354 g/mol. The number of hydrogen-bond donors (Lipinski definition) is 0. The molecule has 1 aliphatic heterocycles. The Bertz CT molecular complexity index is 829. The first-order chi connectivity index (χ1) is 12.6. The van der Waals surface area contributed by atoms with E-state index in [0.29, 0.717) is 12.0 Å². The maximum atomic E-state index is 13.2. The molecule has 3 rings (SSSR count). The van der Waals surface area contributed by atoms with Gasteiger partial charge in [-0.15, -0.1) is 0 Å². The molecular weight excluding hydrogens is 336 g/mol. The fourth-order valence-electron chi connectivity index (χ4n) is 3.23. The normalized spacial score (nSPS) is 23.7. The summed E-state index contributed by atoms with van der Waals surface area (Å²) in [6.45, 7) is 2.01. The molecule has 0 radical (unpaired) electrons. The Labute approximate surface area is 150 Å². The van der Waals surface area contributed by atoms with E-state index in [-0.39, 0.29) is 6.61 Å². The van der Waals surface area contributed by atoms with E-state index in [0.717, 1.165) is 23.3 Å². The van der Waals surface area contributed by atoms with Crippen LogP contribution in [0.15, 0.2) is 47.1 Å². The number of benzene rings is 1. The second-order valence-electron chi connectivity index (χ2n) is 6.25. The molecule has 1 fully saturated rings. The fourth-order valence-corrected chi connectivity index (χ4v) is 3.23. The molecular formula is C18H18N4O4. The molecule has 3 amide bonds. The largest absolute Gasteiger partial charge is 0.446 e. The topological polar surface area (TPSA) is 112 Å². The van der Waals surface area contributed by atoms with Gasteiger partial charge >= 0.3 is 6.09 Å². The van der Waals surface area contributed by atoms with Crippen LogP contribution in [0.2, 0.25) is 0 Å². The van der Waals surface area contributed by atoms with Gasteiger partial charge in [-0.3, -0.25) is 9.59 Å². The Kier molecular flexibility index (Phi) is 4.77. The molecule has 1 saturated heterocycles. The van der Waals surface area contributed by atoms with E-state index < -0.39 is 29.4 Å². The lowest BCUT2D eigenvalue weighted by Gasteiger charge is -2.24. The molecule has 8 nitrogen and oxygen atoms in total. The van der Waals surface area contributed by atoms with Crippen LogP contribution in [-0.4, -0.2) is 29.4 Å². The fraction of sp³-hybridized carbons (Fsp3) is 0.389. The number of hydrogen-bond acceptors (Lipinski definition) is 4. The number of nitrogens with zero attached hydrogens (tertiary/aromatic N) is 4. The van der Waals surface area contributed by atoms with Crippen LogP contribution in [-0.2, 0) is 14.3 Å². The molecule has 0 bridgehead atoms. The highest BCUT2D eigenvalue weighted by Crippen LogP contribution is 2.51. The number of carbonyl (C=O) groups is 3. The van der Waals surface area contributed by atoms with Crippen LogP contribution in [0.1, 0.15) is 37.8 Å². The van der Waals surface area contributed by atoms with Gasteiger partial charge < -0.3 is 4.74 Å². The van der Waals surface area contributed by atoms with Gasteiger partial charge in [0.1, 0.15) is 12.6 Å². The van der Waals surface area contributed by atoms with E-state index in [1.54, 1.807) is 24.3 Å². The summed E-state index contributed by atoms with van der Waals surface area (Å²) >= 11 is 0. The molecule has 1 heterocycles. The molecule has 1 aliphatic carbocycles. The van der Waals surface area contributed by atoms with Crippen molar-refractivity contribution in [2.24, 2.45) is 10.5 Å². The smallest absolute Gasteiger partial charge is 0.417 e. The first-order valence-corrected chi connectivity index (χ1v) is 8.43. The predicted octanol–water partition coefficient (Wildman–Crippen LogP) is 3.66. The van der Waals surface area contributed by atoms with Crippen molar-refractivity contribution in [2.75, 3.05) is 6.61 Å². The standard InChI is InChI=1S/C18H18N4O4/c1-2-3-9-13-10-18(13,15(23)20-21-19)16(24)22-14(11-26-17(22)25)12-7-5-4-6-8-12/h4-8,10,14H,2-3,9,11H2,1H3/t14-,18+/m1/s1. The third-order valence-electron chi connectivity index (χ3n) is 4.70. The first-order valence-electron chi connectivity index (χ1n) is 8.43. The Morgan fingerprint density at radius 1 is 1.38 bits per heavy atom. The van der Waals surface area contributed by atoms with Crippen molar-refractivity contribution >= 4 is 17.9 Å². The maximum Gasteiger partial charge on any atom is 0.417 e. The molecule has 0 aromatic heterocycles. The number of ether oxygens (including phenoxy) is 1. The lowest BCUT2D eigenvalue weighted by molar-refractivity contribution is -0.140. The van der Waals surface area contributed by atoms with E-state index in [2.05, 4.69) is 10.0 Å². The minimum Gasteiger partial charge on any atom is -0.446 e. The molecule has 1 aromatic rings. The highest BCUT2D eigenvalue weighted by molar-refractivity contribution is 6.18. The second-order valence-corrected chi connectivity index (χ2v) is 6.25. The Balaban J connectivity index is 1.92. The molecule has 2 atom stereocenters. The van der Waals surface area contributed by atoms with Crippen molar-refractivity contribution < 1.29 is 19.1 Å². The van der Waals surface area contributed by atoms with Crippen LogP contribution in [0.25, 0.3) is 10.4 Å². The van der Waals surface area contributed by atoms with Crippen molar-refractivity contribution in [2.45, 2.75) is 32.2 Å². The summed E-state index contributed by atoms with van der Waals surface area (Å²) in [6.07, 6.45) is 2.91. The summed E-state index contributed by atoms with van der Waals surface area (Å²) in [5.74, 6) is -1.61. The zero-order valence-corrected chi connectivity index (χ0v) is 14.3. The summed E-state index contributed by atoms with van der Waals surface area (Å²) in [7, 11) is 0. The summed E-state index contributed by atoms with van der Waals surface area (Å²) in [5.41, 5.74) is 8.30. The van der Waals surface area contributed by atoms with Crippen LogP contribution in [0, 0.1) is 5.41 Å². The third-order valence-corrected chi connectivity index (χ3v) is 4.70. The summed E-state index contributed by atoms with van der Waals surface area (Å²) < 4.78 is 5.06. The van der Waals surface area contributed by atoms with Gasteiger partial charge in [0.2, 0.25) is 5.91 Å². The van der Waals surface area contributed by atoms with E-state index in [4.69, 9.17) is 10.3 Å². The van der Waals surface area contributed by atoms with Crippen molar-refractivity contribution in [3.63, 3.8) is 0 Å². The van der Waals surface area contributed by atoms with Gasteiger partial charge in [0.15, 0.2) is 5.41 Å². The zero-order chi connectivity index (χ0) is 18.7. The molecule has 134 valence electrons. The number of imide groups is 1. The first kappa shape index (κ1) is 17.7. The average Bonchev–Trinajstić information content (AvgIpc) is 3.27. The molecule has 0 unspecified atom stereocenters. The van der Waals surface area contributed by atoms with Crippen molar-refractivity contribution in [1.82, 2.24) is 4.90 Å². The Morgan fingerprint density at radius 2 is 2.12 bits per heavy atom. The van der Waals surface area contributed by atoms with Gasteiger partial charge in [-0.2, -0.15) is 0 Å². The predicted molar refractivity (Wildman–Crippen MR) is 91.6 cm³/mol. The van der Waals surface area contributed by atoms with Crippen LogP contribution in [0.3, 0.4) is 0 Å². The van der Waals surface area contributed by atoms with Crippen LogP contribution < -0.4 is 0 Å². The lowest BCUT2D eigenvalue weighted by atomic mass is 9.93. The highest BCUT2D eigenvalue weighted by Gasteiger charge is 2.60. The quantitative estimate of drug-likeness (QED) is 0.255. The minimum absolute atomic E-state index is 0.0185. The van der Waals surface area contributed by atoms with Crippen molar-refractivity contribution in [3.05, 3.63) is 58.0 Å². The van der Waals surface area contributed by atoms with Gasteiger partial charge in [0.05, 0.1) is 0 Å². The molecule has 0 spiro atoms. The Morgan fingerprint density at radius 3 is 2.77 bits per heavy atom. The summed E-state index contributed by atoms with van der Waals surface area (Å²) in [6, 6.07) is 8.37. The van der Waals surface area contributed by atoms with Crippen LogP contribution in [0.4, 0.5) is 4.79 Å². The number of amides is 3. The number of rotatable bonds is 6. The molecule has 1 aromatic carbocycles. The highest BCUT2D eigenvalue weighted by atomic mass is 16.6. The van der Waals surface area contributed by atoms with E-state index in [1.807, 2.05) is 13.0 Å². The lowest BCUT2D eigenvalue weighted by Crippen LogP contribution is -2.44. The maximum absolute atomic E-state index is 13.2. The van der Waals surface area contributed by atoms with Gasteiger partial charge in [-0.05, 0) is 34.6 Å². The number of unbranched alkanes of at least 4 members (excludes halogenated alkanes) is 1. The van der Waals surface area contributed by atoms with E-state index >= 15 is 0 Å². The Hall–Kier alpha value is -3.12. The van der Waals surface area contributed by atoms with E-state index in [9.17, 15) is 14.4 Å². The van der Waals surface area contributed by atoms with Gasteiger partial charge in [-0.25, -0.2) is 9.69 Å². The summed E-state index contributed by atoms with van der Waals surface area (Å²) in [4.78, 5) is 41.3. The molecule has 0 saturated carbocycles. The SMILES string of the molecule is CCCCC1=C[C@]1(C(=O)N=[N+]=[N-])C(=O)N1C(=O)OC[C@@H]1c1ccccc1. The van der Waals surface area contributed by atoms with E-state index in [1.165, 1.54) is 6.08 Å². The van der Waals surface area contributed by atoms with Crippen LogP contribution >= 0.6 is 0 Å². The van der Waals surface area contributed by atoms with Crippen molar-refractivity contribution in [1.29, 1.82) is 0 Å². The third kappa shape index (κ3) is 2.84. The van der Waals surface area contributed by atoms with Crippen molar-refractivity contribution in [3.8, 4) is 0 Å². The summed E-state index contributed by atoms with van der Waals surface area (Å²) in [5, 5.41) is 3.12. The second kappa shape index (κ2) is 7.01. The molecule has 2 aliphatic rings. The monoisotopic (exact) mass is 354 g/mol. The van der Waals surface area contributed by atoms with Gasteiger partial charge in [-0.1, -0.05) is 49.8 Å². The van der Waals surface area contributed by atoms with Gasteiger partial charge in [0.25, 0.3) is 5.91 Å². The number of cyclic esters (lactones) is 1. The molecule has 8 heteroatoms. The molecule has 26 heavy (non-hydrogen) atoms. The van der Waals surface area contributed by atoms with Crippen LogP contribution in [0.5, 0.6) is 0 Å². The zero-order valence-electron chi connectivity index (χ0n) is 14.3. The minimum atomic E-state index is -1.64. The number of azide groups is 1.